The summed E-state index contributed by atoms with van der Waals surface area (Å²) in [5.74, 6) is -1.59. The third-order valence-electron chi connectivity index (χ3n) is 4.89. The largest absolute Gasteiger partial charge is 0.478 e. The van der Waals surface area contributed by atoms with E-state index in [1.54, 1.807) is 0 Å². The molecule has 2 heterocycles. The van der Waals surface area contributed by atoms with Crippen LogP contribution in [0.4, 0.5) is 5.69 Å². The van der Waals surface area contributed by atoms with Crippen molar-refractivity contribution in [2.24, 2.45) is 5.92 Å². The van der Waals surface area contributed by atoms with Crippen LogP contribution in [-0.4, -0.2) is 52.8 Å². The van der Waals surface area contributed by atoms with Crippen molar-refractivity contribution in [3.8, 4) is 0 Å². The minimum Gasteiger partial charge on any atom is -0.478 e. The fourth-order valence-electron chi connectivity index (χ4n) is 3.72. The number of anilines is 1. The SMILES string of the molecule is CNCC1CC2CC2N1c1cnc2ccccc2c1.O=C(O)C=CC(=O)O. The van der Waals surface area contributed by atoms with E-state index < -0.39 is 11.9 Å². The zero-order chi connectivity index (χ0) is 19.4. The second-order valence-corrected chi connectivity index (χ2v) is 6.81. The van der Waals surface area contributed by atoms with E-state index in [2.05, 4.69) is 39.5 Å². The van der Waals surface area contributed by atoms with Crippen LogP contribution in [0, 0.1) is 5.92 Å². The number of pyridine rings is 1. The molecule has 3 atom stereocenters. The van der Waals surface area contributed by atoms with Crippen molar-refractivity contribution in [1.29, 1.82) is 0 Å². The Labute approximate surface area is 157 Å². The van der Waals surface area contributed by atoms with Crippen molar-refractivity contribution < 1.29 is 19.8 Å². The van der Waals surface area contributed by atoms with Crippen LogP contribution in [0.3, 0.4) is 0 Å². The number of carbonyl (C=O) groups is 2. The highest BCUT2D eigenvalue weighted by Gasteiger charge is 2.51. The molecule has 27 heavy (non-hydrogen) atoms. The number of fused-ring (bicyclic) bond motifs is 2. The highest BCUT2D eigenvalue weighted by molar-refractivity contribution is 5.89. The summed E-state index contributed by atoms with van der Waals surface area (Å²) in [7, 11) is 2.04. The Morgan fingerprint density at radius 3 is 2.59 bits per heavy atom. The quantitative estimate of drug-likeness (QED) is 0.694. The summed E-state index contributed by atoms with van der Waals surface area (Å²) >= 11 is 0. The van der Waals surface area contributed by atoms with Gasteiger partial charge in [-0.05, 0) is 37.9 Å². The first kappa shape index (κ1) is 18.8. The Balaban J connectivity index is 0.000000226. The van der Waals surface area contributed by atoms with Gasteiger partial charge in [0.2, 0.25) is 0 Å². The number of nitrogens with zero attached hydrogens (tertiary/aromatic N) is 2. The molecular formula is C20H23N3O4. The summed E-state index contributed by atoms with van der Waals surface area (Å²) < 4.78 is 0. The summed E-state index contributed by atoms with van der Waals surface area (Å²) in [5, 5.41) is 20.2. The molecule has 1 aromatic carbocycles. The van der Waals surface area contributed by atoms with Crippen molar-refractivity contribution in [2.45, 2.75) is 24.9 Å². The molecule has 2 aliphatic rings. The van der Waals surface area contributed by atoms with Crippen LogP contribution in [-0.2, 0) is 9.59 Å². The Bertz CT molecular complexity index is 851. The number of aliphatic carboxylic acids is 2. The van der Waals surface area contributed by atoms with Gasteiger partial charge in [0.1, 0.15) is 0 Å². The molecule has 0 bridgehead atoms. The summed E-state index contributed by atoms with van der Waals surface area (Å²) in [5.41, 5.74) is 2.38. The van der Waals surface area contributed by atoms with Crippen LogP contribution < -0.4 is 10.2 Å². The van der Waals surface area contributed by atoms with Crippen LogP contribution in [0.2, 0.25) is 0 Å². The summed E-state index contributed by atoms with van der Waals surface area (Å²) in [6, 6.07) is 12.1. The second-order valence-electron chi connectivity index (χ2n) is 6.81. The fraction of sp³-hybridized carbons (Fsp3) is 0.350. The van der Waals surface area contributed by atoms with E-state index in [4.69, 9.17) is 10.2 Å². The smallest absolute Gasteiger partial charge is 0.328 e. The van der Waals surface area contributed by atoms with E-state index in [9.17, 15) is 9.59 Å². The molecule has 1 aliphatic heterocycles. The fourth-order valence-corrected chi connectivity index (χ4v) is 3.72. The maximum atomic E-state index is 9.55. The van der Waals surface area contributed by atoms with Crippen LogP contribution in [0.5, 0.6) is 0 Å². The molecule has 0 radical (unpaired) electrons. The molecule has 1 aromatic heterocycles. The van der Waals surface area contributed by atoms with E-state index in [0.717, 1.165) is 24.0 Å². The summed E-state index contributed by atoms with van der Waals surface area (Å²) in [6.07, 6.45) is 5.86. The lowest BCUT2D eigenvalue weighted by atomic mass is 10.1. The molecule has 7 heteroatoms. The van der Waals surface area contributed by atoms with Crippen LogP contribution in [0.1, 0.15) is 12.8 Å². The van der Waals surface area contributed by atoms with Gasteiger partial charge in [-0.2, -0.15) is 0 Å². The maximum absolute atomic E-state index is 9.55. The third-order valence-corrected chi connectivity index (χ3v) is 4.89. The molecule has 1 saturated carbocycles. The second kappa shape index (κ2) is 8.18. The van der Waals surface area contributed by atoms with Gasteiger partial charge in [0, 0.05) is 36.2 Å². The third kappa shape index (κ3) is 4.62. The molecule has 142 valence electrons. The average molecular weight is 369 g/mol. The molecular weight excluding hydrogens is 346 g/mol. The zero-order valence-electron chi connectivity index (χ0n) is 15.1. The summed E-state index contributed by atoms with van der Waals surface area (Å²) in [6.45, 7) is 1.07. The number of likely N-dealkylation sites (N-methyl/N-ethyl adjacent to an activating group) is 1. The lowest BCUT2D eigenvalue weighted by molar-refractivity contribution is -0.134. The highest BCUT2D eigenvalue weighted by atomic mass is 16.4. The number of piperidine rings is 1. The van der Waals surface area contributed by atoms with Gasteiger partial charge in [0.25, 0.3) is 0 Å². The van der Waals surface area contributed by atoms with Crippen molar-refractivity contribution in [2.75, 3.05) is 18.5 Å². The minimum absolute atomic E-state index is 0.558. The van der Waals surface area contributed by atoms with Crippen LogP contribution >= 0.6 is 0 Å². The molecule has 2 aromatic rings. The van der Waals surface area contributed by atoms with Gasteiger partial charge in [-0.15, -0.1) is 0 Å². The Kier molecular flexibility index (Phi) is 5.71. The molecule has 0 amide bonds. The highest BCUT2D eigenvalue weighted by Crippen LogP contribution is 2.49. The number of hydrogen-bond donors (Lipinski definition) is 3. The number of benzene rings is 1. The first-order valence-electron chi connectivity index (χ1n) is 8.91. The van der Waals surface area contributed by atoms with E-state index in [0.29, 0.717) is 18.2 Å². The van der Waals surface area contributed by atoms with Gasteiger partial charge >= 0.3 is 11.9 Å². The topological polar surface area (TPSA) is 103 Å². The standard InChI is InChI=1S/C16H19N3.C4H4O4/c1-17-9-13-7-12-8-16(12)19(13)14-6-11-4-2-3-5-15(11)18-10-14;5-3(6)1-2-4(7)8/h2-6,10,12-13,16-17H,7-9H2,1H3;1-2H,(H,5,6)(H,7,8). The van der Waals surface area contributed by atoms with E-state index in [-0.39, 0.29) is 0 Å². The lowest BCUT2D eigenvalue weighted by Crippen LogP contribution is -2.39. The van der Waals surface area contributed by atoms with E-state index in [1.165, 1.54) is 23.9 Å². The number of nitrogens with one attached hydrogen (secondary N) is 1. The Morgan fingerprint density at radius 1 is 1.22 bits per heavy atom. The van der Waals surface area contributed by atoms with Crippen LogP contribution in [0.25, 0.3) is 10.9 Å². The number of carboxylic acids is 2. The van der Waals surface area contributed by atoms with Gasteiger partial charge in [-0.1, -0.05) is 18.2 Å². The van der Waals surface area contributed by atoms with Crippen LogP contribution in [0.15, 0.2) is 48.7 Å². The molecule has 3 N–H and O–H groups in total. The average Bonchev–Trinajstić information content (AvgIpc) is 3.31. The summed E-state index contributed by atoms with van der Waals surface area (Å²) in [4.78, 5) is 26.3. The van der Waals surface area contributed by atoms with Gasteiger partial charge in [0.15, 0.2) is 0 Å². The van der Waals surface area contributed by atoms with Gasteiger partial charge in [0.05, 0.1) is 17.4 Å². The number of para-hydroxylation sites is 1. The number of rotatable bonds is 5. The van der Waals surface area contributed by atoms with Crippen molar-refractivity contribution >= 4 is 28.5 Å². The first-order valence-corrected chi connectivity index (χ1v) is 8.91. The normalized spacial score (nSPS) is 23.0. The van der Waals surface area contributed by atoms with Gasteiger partial charge < -0.3 is 20.4 Å². The first-order chi connectivity index (χ1) is 13.0. The van der Waals surface area contributed by atoms with Crippen molar-refractivity contribution in [3.05, 3.63) is 48.7 Å². The number of carboxylic acid groups (broad SMARTS) is 2. The van der Waals surface area contributed by atoms with Gasteiger partial charge in [-0.25, -0.2) is 9.59 Å². The molecule has 1 aliphatic carbocycles. The molecule has 2 fully saturated rings. The Hall–Kier alpha value is -2.93. The molecule has 1 saturated heterocycles. The predicted molar refractivity (Wildman–Crippen MR) is 103 cm³/mol. The monoisotopic (exact) mass is 369 g/mol. The van der Waals surface area contributed by atoms with Gasteiger partial charge in [-0.3, -0.25) is 4.98 Å². The number of aromatic nitrogens is 1. The van der Waals surface area contributed by atoms with E-state index in [1.807, 2.05) is 19.3 Å². The molecule has 3 unspecified atom stereocenters. The predicted octanol–water partition coefficient (Wildman–Crippen LogP) is 2.13. The van der Waals surface area contributed by atoms with Crippen molar-refractivity contribution in [3.63, 3.8) is 0 Å². The zero-order valence-corrected chi connectivity index (χ0v) is 15.1. The number of hydrogen-bond acceptors (Lipinski definition) is 5. The lowest BCUT2D eigenvalue weighted by Gasteiger charge is -2.29. The minimum atomic E-state index is -1.26. The maximum Gasteiger partial charge on any atom is 0.328 e. The van der Waals surface area contributed by atoms with E-state index >= 15 is 0 Å². The molecule has 0 spiro atoms. The Morgan fingerprint density at radius 2 is 1.93 bits per heavy atom. The van der Waals surface area contributed by atoms with Crippen molar-refractivity contribution in [1.82, 2.24) is 10.3 Å². The molecule has 4 rings (SSSR count). The molecule has 7 nitrogen and oxygen atoms in total.